The van der Waals surface area contributed by atoms with Crippen molar-refractivity contribution in [2.24, 2.45) is 11.1 Å². The van der Waals surface area contributed by atoms with E-state index < -0.39 is 16.6 Å². The number of ether oxygens (including phenoxy) is 1. The first kappa shape index (κ1) is 17.1. The highest BCUT2D eigenvalue weighted by Crippen LogP contribution is 2.68. The van der Waals surface area contributed by atoms with Gasteiger partial charge in [-0.25, -0.2) is 0 Å². The number of aliphatic hydroxyl groups is 1. The number of rotatable bonds is 3. The van der Waals surface area contributed by atoms with E-state index >= 15 is 0 Å². The molecule has 28 heavy (non-hydrogen) atoms. The third-order valence-electron chi connectivity index (χ3n) is 8.37. The van der Waals surface area contributed by atoms with E-state index in [0.717, 1.165) is 43.1 Å². The topological polar surface area (TPSA) is 74.5 Å². The average molecular weight is 384 g/mol. The summed E-state index contributed by atoms with van der Waals surface area (Å²) in [5.74, 6) is 1.48. The molecule has 6 rings (SSSR count). The van der Waals surface area contributed by atoms with E-state index in [2.05, 4.69) is 10.1 Å². The molecule has 150 valence electrons. The van der Waals surface area contributed by atoms with Crippen LogP contribution in [0.2, 0.25) is 0 Å². The molecule has 6 heteroatoms. The van der Waals surface area contributed by atoms with Gasteiger partial charge in [-0.05, 0) is 69.5 Å². The molecule has 2 saturated carbocycles. The van der Waals surface area contributed by atoms with Crippen LogP contribution in [0, 0.1) is 5.92 Å². The number of nitrogens with zero attached hydrogens (tertiary/aromatic N) is 2. The molecule has 0 radical (unpaired) electrons. The second-order valence-electron chi connectivity index (χ2n) is 9.54. The molecule has 1 aromatic rings. The number of oxime groups is 1. The van der Waals surface area contributed by atoms with E-state index in [4.69, 9.17) is 9.57 Å². The summed E-state index contributed by atoms with van der Waals surface area (Å²) in [7, 11) is 1.56. The Bertz CT molecular complexity index is 897. The molecular formula is C22H28N2O4. The predicted molar refractivity (Wildman–Crippen MR) is 104 cm³/mol. The molecule has 0 amide bonds. The maximum atomic E-state index is 12.4. The molecule has 5 aliphatic rings. The quantitative estimate of drug-likeness (QED) is 0.783. The molecular weight excluding hydrogens is 356 g/mol. The zero-order chi connectivity index (χ0) is 19.3. The molecule has 2 heterocycles. The molecule has 2 unspecified atom stereocenters. The molecule has 0 aromatic heterocycles. The highest BCUT2D eigenvalue weighted by Gasteiger charge is 2.77. The second-order valence-corrected chi connectivity index (χ2v) is 9.54. The van der Waals surface area contributed by atoms with Gasteiger partial charge in [0.25, 0.3) is 0 Å². The number of hydrogen-bond acceptors (Lipinski definition) is 6. The van der Waals surface area contributed by atoms with Crippen molar-refractivity contribution in [2.45, 2.75) is 68.1 Å². The van der Waals surface area contributed by atoms with Crippen LogP contribution in [-0.2, 0) is 16.7 Å². The van der Waals surface area contributed by atoms with Crippen LogP contribution >= 0.6 is 0 Å². The molecule has 4 atom stereocenters. The minimum absolute atomic E-state index is 0.0804. The highest BCUT2D eigenvalue weighted by molar-refractivity contribution is 5.97. The Morgan fingerprint density at radius 1 is 1.32 bits per heavy atom. The number of likely N-dealkylation sites (tertiary alicyclic amines) is 1. The monoisotopic (exact) mass is 384 g/mol. The Balaban J connectivity index is 1.60. The summed E-state index contributed by atoms with van der Waals surface area (Å²) in [6.07, 6.45) is 5.52. The summed E-state index contributed by atoms with van der Waals surface area (Å²) in [5.41, 5.74) is 0.748. The Kier molecular flexibility index (Phi) is 3.19. The van der Waals surface area contributed by atoms with Gasteiger partial charge in [0.1, 0.15) is 12.8 Å². The molecule has 3 fully saturated rings. The first-order valence-corrected chi connectivity index (χ1v) is 10.6. The third-order valence-corrected chi connectivity index (χ3v) is 8.37. The van der Waals surface area contributed by atoms with Gasteiger partial charge in [0.05, 0.1) is 11.0 Å². The lowest BCUT2D eigenvalue weighted by atomic mass is 9.45. The Morgan fingerprint density at radius 3 is 2.89 bits per heavy atom. The molecule has 1 saturated heterocycles. The van der Waals surface area contributed by atoms with Gasteiger partial charge < -0.3 is 19.8 Å². The van der Waals surface area contributed by atoms with Gasteiger partial charge in [-0.3, -0.25) is 4.90 Å². The molecule has 1 spiro atoms. The SMILES string of the molecule is CO/N=C1\CCC2(O)[C@@H]3Cc4ccc(O)c5c4[C@@]2(CCN3CC2CC2)C1(C)O5. The smallest absolute Gasteiger partial charge is 0.166 e. The van der Waals surface area contributed by atoms with Crippen LogP contribution in [0.1, 0.15) is 50.2 Å². The normalized spacial score (nSPS) is 42.2. The summed E-state index contributed by atoms with van der Waals surface area (Å²) in [4.78, 5) is 7.71. The third kappa shape index (κ3) is 1.75. The van der Waals surface area contributed by atoms with Gasteiger partial charge in [-0.15, -0.1) is 0 Å². The number of piperidine rings is 1. The average Bonchev–Trinajstić information content (AvgIpc) is 3.42. The van der Waals surface area contributed by atoms with Crippen molar-refractivity contribution in [3.05, 3.63) is 23.3 Å². The fourth-order valence-corrected chi connectivity index (χ4v) is 6.98. The van der Waals surface area contributed by atoms with Crippen LogP contribution in [0.25, 0.3) is 0 Å². The lowest BCUT2D eigenvalue weighted by molar-refractivity contribution is -0.185. The Labute approximate surface area is 165 Å². The van der Waals surface area contributed by atoms with Crippen molar-refractivity contribution in [3.63, 3.8) is 0 Å². The molecule has 3 aliphatic carbocycles. The Hall–Kier alpha value is -1.79. The van der Waals surface area contributed by atoms with Crippen molar-refractivity contribution in [1.82, 2.24) is 4.90 Å². The maximum absolute atomic E-state index is 12.4. The summed E-state index contributed by atoms with van der Waals surface area (Å²) >= 11 is 0. The van der Waals surface area contributed by atoms with Gasteiger partial charge in [-0.2, -0.15) is 0 Å². The number of aromatic hydroxyl groups is 1. The zero-order valence-electron chi connectivity index (χ0n) is 16.6. The summed E-state index contributed by atoms with van der Waals surface area (Å²) in [6, 6.07) is 3.85. The van der Waals surface area contributed by atoms with E-state index in [1.54, 1.807) is 13.2 Å². The van der Waals surface area contributed by atoms with Crippen molar-refractivity contribution < 1.29 is 19.8 Å². The number of phenols is 1. The van der Waals surface area contributed by atoms with Gasteiger partial charge in [0.15, 0.2) is 17.1 Å². The molecule has 2 bridgehead atoms. The van der Waals surface area contributed by atoms with Crippen molar-refractivity contribution >= 4 is 5.71 Å². The van der Waals surface area contributed by atoms with Crippen LogP contribution in [-0.4, -0.2) is 58.3 Å². The molecule has 1 aromatic carbocycles. The largest absolute Gasteiger partial charge is 0.504 e. The molecule has 6 nitrogen and oxygen atoms in total. The van der Waals surface area contributed by atoms with Gasteiger partial charge in [0.2, 0.25) is 0 Å². The van der Waals surface area contributed by atoms with Crippen LogP contribution in [0.15, 0.2) is 17.3 Å². The second kappa shape index (κ2) is 5.22. The van der Waals surface area contributed by atoms with E-state index in [1.807, 2.05) is 13.0 Å². The van der Waals surface area contributed by atoms with Crippen molar-refractivity contribution in [1.29, 1.82) is 0 Å². The fourth-order valence-electron chi connectivity index (χ4n) is 6.98. The number of hydrogen-bond donors (Lipinski definition) is 2. The summed E-state index contributed by atoms with van der Waals surface area (Å²) < 4.78 is 6.52. The molecule has 2 N–H and O–H groups in total. The predicted octanol–water partition coefficient (Wildman–Crippen LogP) is 2.35. The van der Waals surface area contributed by atoms with E-state index in [0.29, 0.717) is 18.6 Å². The highest BCUT2D eigenvalue weighted by atomic mass is 16.6. The first-order chi connectivity index (χ1) is 13.4. The lowest BCUT2D eigenvalue weighted by Gasteiger charge is -2.65. The van der Waals surface area contributed by atoms with E-state index in [1.165, 1.54) is 18.4 Å². The van der Waals surface area contributed by atoms with Crippen LogP contribution in [0.4, 0.5) is 0 Å². The van der Waals surface area contributed by atoms with Gasteiger partial charge in [0, 0.05) is 18.2 Å². The number of benzene rings is 1. The van der Waals surface area contributed by atoms with E-state index in [-0.39, 0.29) is 11.8 Å². The van der Waals surface area contributed by atoms with Crippen molar-refractivity contribution in [2.75, 3.05) is 20.2 Å². The first-order valence-electron chi connectivity index (χ1n) is 10.6. The minimum atomic E-state index is -0.895. The van der Waals surface area contributed by atoms with Crippen LogP contribution in [0.5, 0.6) is 11.5 Å². The van der Waals surface area contributed by atoms with Gasteiger partial charge >= 0.3 is 0 Å². The standard InChI is InChI=1S/C22H28N2O4/c1-20-16(23-27-2)7-8-22(26)17-11-14-5-6-15(25)19(28-20)18(14)21(20,22)9-10-24(17)12-13-3-4-13/h5-6,13,17,25-26H,3-4,7-12H2,1-2H3/b23-16+/t17-,20?,21-,22?/m0/s1. The lowest BCUT2D eigenvalue weighted by Crippen LogP contribution is -2.80. The zero-order valence-corrected chi connectivity index (χ0v) is 16.6. The maximum Gasteiger partial charge on any atom is 0.166 e. The minimum Gasteiger partial charge on any atom is -0.504 e. The molecule has 2 aliphatic heterocycles. The fraction of sp³-hybridized carbons (Fsp3) is 0.682. The summed E-state index contributed by atoms with van der Waals surface area (Å²) in [5, 5.41) is 27.3. The van der Waals surface area contributed by atoms with Crippen molar-refractivity contribution in [3.8, 4) is 11.5 Å². The number of phenolic OH excluding ortho intramolecular Hbond substituents is 1. The Morgan fingerprint density at radius 2 is 2.14 bits per heavy atom. The van der Waals surface area contributed by atoms with E-state index in [9.17, 15) is 10.2 Å². The summed E-state index contributed by atoms with van der Waals surface area (Å²) in [6.45, 7) is 4.06. The van der Waals surface area contributed by atoms with Gasteiger partial charge in [-0.1, -0.05) is 11.2 Å². The van der Waals surface area contributed by atoms with Crippen LogP contribution in [0.3, 0.4) is 0 Å². The van der Waals surface area contributed by atoms with Crippen LogP contribution < -0.4 is 4.74 Å².